The highest BCUT2D eigenvalue weighted by molar-refractivity contribution is 6.30. The van der Waals surface area contributed by atoms with Gasteiger partial charge in [-0.15, -0.1) is 0 Å². The Labute approximate surface area is 106 Å². The maximum atomic E-state index is 12.9. The zero-order valence-corrected chi connectivity index (χ0v) is 10.5. The molecule has 0 amide bonds. The lowest BCUT2D eigenvalue weighted by molar-refractivity contribution is -0.119. The zero-order chi connectivity index (χ0) is 12.3. The van der Waals surface area contributed by atoms with E-state index in [2.05, 4.69) is 0 Å². The summed E-state index contributed by atoms with van der Waals surface area (Å²) in [7, 11) is 0. The van der Waals surface area contributed by atoms with Gasteiger partial charge in [-0.3, -0.25) is 4.79 Å². The van der Waals surface area contributed by atoms with E-state index in [0.29, 0.717) is 18.8 Å². The third-order valence-electron chi connectivity index (χ3n) is 3.38. The predicted molar refractivity (Wildman–Crippen MR) is 66.7 cm³/mol. The van der Waals surface area contributed by atoms with Crippen LogP contribution in [0.2, 0.25) is 5.02 Å². The van der Waals surface area contributed by atoms with Gasteiger partial charge in [-0.2, -0.15) is 0 Å². The molecular formula is C14H16ClFO. The predicted octanol–water partition coefficient (Wildman–Crippen LogP) is 4.17. The summed E-state index contributed by atoms with van der Waals surface area (Å²) in [6.07, 6.45) is 5.89. The third-order valence-corrected chi connectivity index (χ3v) is 3.67. The molecule has 1 aliphatic rings. The minimum atomic E-state index is -0.432. The van der Waals surface area contributed by atoms with Gasteiger partial charge in [0, 0.05) is 12.8 Å². The van der Waals surface area contributed by atoms with E-state index in [1.807, 2.05) is 0 Å². The van der Waals surface area contributed by atoms with Crippen molar-refractivity contribution in [1.82, 2.24) is 0 Å². The van der Waals surface area contributed by atoms with E-state index >= 15 is 0 Å². The first-order chi connectivity index (χ1) is 8.15. The van der Waals surface area contributed by atoms with Gasteiger partial charge in [-0.05, 0) is 23.6 Å². The first kappa shape index (κ1) is 12.6. The molecule has 2 rings (SSSR count). The van der Waals surface area contributed by atoms with Crippen molar-refractivity contribution in [2.24, 2.45) is 5.92 Å². The molecule has 1 nitrogen and oxygen atoms in total. The van der Waals surface area contributed by atoms with Crippen LogP contribution in [0, 0.1) is 11.7 Å². The number of halogens is 2. The van der Waals surface area contributed by atoms with E-state index in [-0.39, 0.29) is 10.8 Å². The molecular weight excluding hydrogens is 239 g/mol. The molecule has 0 aliphatic heterocycles. The maximum Gasteiger partial charge on any atom is 0.141 e. The SMILES string of the molecule is O=C(Cc1ccc(F)c(Cl)c1)CC1CCCC1. The topological polar surface area (TPSA) is 17.1 Å². The standard InChI is InChI=1S/C14H16ClFO/c15-13-9-11(5-6-14(13)16)8-12(17)7-10-3-1-2-4-10/h5-6,9-10H,1-4,7-8H2. The zero-order valence-electron chi connectivity index (χ0n) is 9.72. The Hall–Kier alpha value is -0.890. The van der Waals surface area contributed by atoms with Gasteiger partial charge in [0.2, 0.25) is 0 Å². The molecule has 92 valence electrons. The summed E-state index contributed by atoms with van der Waals surface area (Å²) in [4.78, 5) is 11.8. The Balaban J connectivity index is 1.90. The molecule has 0 saturated heterocycles. The van der Waals surface area contributed by atoms with Gasteiger partial charge in [-0.1, -0.05) is 43.4 Å². The largest absolute Gasteiger partial charge is 0.299 e. The van der Waals surface area contributed by atoms with Crippen molar-refractivity contribution in [3.63, 3.8) is 0 Å². The minimum Gasteiger partial charge on any atom is -0.299 e. The monoisotopic (exact) mass is 254 g/mol. The van der Waals surface area contributed by atoms with Gasteiger partial charge in [0.05, 0.1) is 5.02 Å². The summed E-state index contributed by atoms with van der Waals surface area (Å²) in [5.41, 5.74) is 0.805. The number of ketones is 1. The van der Waals surface area contributed by atoms with Gasteiger partial charge in [0.15, 0.2) is 0 Å². The van der Waals surface area contributed by atoms with Crippen LogP contribution in [-0.2, 0) is 11.2 Å². The summed E-state index contributed by atoms with van der Waals surface area (Å²) >= 11 is 5.68. The summed E-state index contributed by atoms with van der Waals surface area (Å²) in [5, 5.41) is 0.0937. The van der Waals surface area contributed by atoms with Gasteiger partial charge >= 0.3 is 0 Å². The highest BCUT2D eigenvalue weighted by atomic mass is 35.5. The van der Waals surface area contributed by atoms with Crippen LogP contribution in [0.3, 0.4) is 0 Å². The Bertz CT molecular complexity index is 411. The van der Waals surface area contributed by atoms with E-state index in [0.717, 1.165) is 5.56 Å². The fourth-order valence-electron chi connectivity index (χ4n) is 2.49. The molecule has 0 unspecified atom stereocenters. The summed E-state index contributed by atoms with van der Waals surface area (Å²) in [6.45, 7) is 0. The van der Waals surface area contributed by atoms with Crippen LogP contribution in [0.25, 0.3) is 0 Å². The molecule has 0 N–H and O–H groups in total. The number of carbonyl (C=O) groups excluding carboxylic acids is 1. The number of Topliss-reactive ketones (excluding diaryl/α,β-unsaturated/α-hetero) is 1. The molecule has 1 aromatic carbocycles. The Morgan fingerprint density at radius 2 is 2.06 bits per heavy atom. The smallest absolute Gasteiger partial charge is 0.141 e. The van der Waals surface area contributed by atoms with Gasteiger partial charge < -0.3 is 0 Å². The molecule has 0 aromatic heterocycles. The molecule has 1 aromatic rings. The number of hydrogen-bond donors (Lipinski definition) is 0. The van der Waals surface area contributed by atoms with Gasteiger partial charge in [0.1, 0.15) is 11.6 Å². The molecule has 1 saturated carbocycles. The van der Waals surface area contributed by atoms with Crippen LogP contribution < -0.4 is 0 Å². The lowest BCUT2D eigenvalue weighted by Gasteiger charge is -2.07. The van der Waals surface area contributed by atoms with Crippen LogP contribution in [0.15, 0.2) is 18.2 Å². The van der Waals surface area contributed by atoms with E-state index in [4.69, 9.17) is 11.6 Å². The summed E-state index contributed by atoms with van der Waals surface area (Å²) in [6, 6.07) is 4.50. The van der Waals surface area contributed by atoms with Crippen molar-refractivity contribution in [2.45, 2.75) is 38.5 Å². The molecule has 3 heteroatoms. The number of carbonyl (C=O) groups is 1. The number of rotatable bonds is 4. The van der Waals surface area contributed by atoms with Crippen molar-refractivity contribution in [3.8, 4) is 0 Å². The molecule has 0 spiro atoms. The second kappa shape index (κ2) is 5.63. The van der Waals surface area contributed by atoms with Crippen LogP contribution in [-0.4, -0.2) is 5.78 Å². The first-order valence-corrected chi connectivity index (χ1v) is 6.48. The molecule has 1 fully saturated rings. The van der Waals surface area contributed by atoms with E-state index < -0.39 is 5.82 Å². The molecule has 0 atom stereocenters. The first-order valence-electron chi connectivity index (χ1n) is 6.11. The third kappa shape index (κ3) is 3.53. The average Bonchev–Trinajstić information content (AvgIpc) is 2.76. The number of benzene rings is 1. The maximum absolute atomic E-state index is 12.9. The van der Waals surface area contributed by atoms with Crippen LogP contribution >= 0.6 is 11.6 Å². The minimum absolute atomic E-state index is 0.0937. The van der Waals surface area contributed by atoms with Crippen molar-refractivity contribution >= 4 is 17.4 Å². The van der Waals surface area contributed by atoms with Crippen molar-refractivity contribution in [1.29, 1.82) is 0 Å². The van der Waals surface area contributed by atoms with Crippen LogP contribution in [0.1, 0.15) is 37.7 Å². The molecule has 1 aliphatic carbocycles. The quantitative estimate of drug-likeness (QED) is 0.788. The van der Waals surface area contributed by atoms with Crippen LogP contribution in [0.4, 0.5) is 4.39 Å². The Kier molecular flexibility index (Phi) is 4.16. The van der Waals surface area contributed by atoms with Gasteiger partial charge in [0.25, 0.3) is 0 Å². The van der Waals surface area contributed by atoms with Crippen molar-refractivity contribution in [2.75, 3.05) is 0 Å². The van der Waals surface area contributed by atoms with E-state index in [1.54, 1.807) is 12.1 Å². The molecule has 0 radical (unpaired) electrons. The lowest BCUT2D eigenvalue weighted by Crippen LogP contribution is -2.08. The van der Waals surface area contributed by atoms with E-state index in [9.17, 15) is 9.18 Å². The van der Waals surface area contributed by atoms with E-state index in [1.165, 1.54) is 31.7 Å². The normalized spacial score (nSPS) is 16.4. The van der Waals surface area contributed by atoms with Crippen molar-refractivity contribution in [3.05, 3.63) is 34.6 Å². The number of hydrogen-bond acceptors (Lipinski definition) is 1. The van der Waals surface area contributed by atoms with Crippen molar-refractivity contribution < 1.29 is 9.18 Å². The highest BCUT2D eigenvalue weighted by Gasteiger charge is 2.18. The Morgan fingerprint density at radius 1 is 1.35 bits per heavy atom. The molecule has 0 bridgehead atoms. The lowest BCUT2D eigenvalue weighted by atomic mass is 9.97. The van der Waals surface area contributed by atoms with Gasteiger partial charge in [-0.25, -0.2) is 4.39 Å². The average molecular weight is 255 g/mol. The second-order valence-electron chi connectivity index (χ2n) is 4.82. The summed E-state index contributed by atoms with van der Waals surface area (Å²) in [5.74, 6) is 0.372. The fourth-order valence-corrected chi connectivity index (χ4v) is 2.69. The van der Waals surface area contributed by atoms with Crippen LogP contribution in [0.5, 0.6) is 0 Å². The molecule has 0 heterocycles. The second-order valence-corrected chi connectivity index (χ2v) is 5.23. The molecule has 17 heavy (non-hydrogen) atoms. The highest BCUT2D eigenvalue weighted by Crippen LogP contribution is 2.28. The Morgan fingerprint density at radius 3 is 2.71 bits per heavy atom. The summed E-state index contributed by atoms with van der Waals surface area (Å²) < 4.78 is 12.9. The fraction of sp³-hybridized carbons (Fsp3) is 0.500.